The second-order valence-corrected chi connectivity index (χ2v) is 9.17. The first kappa shape index (κ1) is 22.1. The molecule has 160 valence electrons. The minimum absolute atomic E-state index is 0.0489. The average Bonchev–Trinajstić information content (AvgIpc) is 2.73. The van der Waals surface area contributed by atoms with E-state index < -0.39 is 26.7 Å². The molecule has 0 atom stereocenters. The van der Waals surface area contributed by atoms with Crippen LogP contribution in [0.25, 0.3) is 0 Å². The van der Waals surface area contributed by atoms with E-state index >= 15 is 0 Å². The van der Waals surface area contributed by atoms with E-state index in [0.717, 1.165) is 12.1 Å². The third-order valence-corrected chi connectivity index (χ3v) is 7.36. The Morgan fingerprint density at radius 1 is 1.23 bits per heavy atom. The van der Waals surface area contributed by atoms with E-state index in [1.807, 2.05) is 0 Å². The standard InChI is InChI=1S/C19H19ClFN3O5S/c20-16-6-5-15(24(26)27)11-18(16)30(28,29)23-9-7-13(8-10-23)19(25)22-12-14-3-1-2-4-17(14)21/h1-6,11,13H,7-10,12H2,(H,22,25). The molecule has 1 aliphatic rings. The maximum atomic E-state index is 13.7. The fourth-order valence-corrected chi connectivity index (χ4v) is 5.23. The van der Waals surface area contributed by atoms with Gasteiger partial charge in [0, 0.05) is 43.2 Å². The number of nitrogens with one attached hydrogen (secondary N) is 1. The summed E-state index contributed by atoms with van der Waals surface area (Å²) in [6, 6.07) is 9.36. The highest BCUT2D eigenvalue weighted by atomic mass is 35.5. The first-order chi connectivity index (χ1) is 14.2. The Labute approximate surface area is 177 Å². The Hall–Kier alpha value is -2.56. The molecule has 0 radical (unpaired) electrons. The molecule has 2 aromatic rings. The highest BCUT2D eigenvalue weighted by Crippen LogP contribution is 2.31. The molecular formula is C19H19ClFN3O5S. The minimum Gasteiger partial charge on any atom is -0.352 e. The normalized spacial score (nSPS) is 15.7. The van der Waals surface area contributed by atoms with Crippen LogP contribution >= 0.6 is 11.6 Å². The van der Waals surface area contributed by atoms with Gasteiger partial charge in [-0.05, 0) is 25.0 Å². The molecule has 1 aliphatic heterocycles. The zero-order chi connectivity index (χ0) is 21.9. The molecule has 30 heavy (non-hydrogen) atoms. The van der Waals surface area contributed by atoms with Crippen LogP contribution in [0.5, 0.6) is 0 Å². The lowest BCUT2D eigenvalue weighted by atomic mass is 9.97. The number of amides is 1. The molecule has 1 heterocycles. The number of carbonyl (C=O) groups is 1. The van der Waals surface area contributed by atoms with Gasteiger partial charge < -0.3 is 5.32 Å². The molecule has 0 spiro atoms. The van der Waals surface area contributed by atoms with E-state index in [1.165, 1.54) is 16.4 Å². The fraction of sp³-hybridized carbons (Fsp3) is 0.316. The molecule has 1 fully saturated rings. The Morgan fingerprint density at radius 3 is 2.53 bits per heavy atom. The number of non-ortho nitro benzene ring substituents is 1. The molecule has 0 saturated carbocycles. The van der Waals surface area contributed by atoms with Crippen molar-refractivity contribution >= 4 is 33.2 Å². The van der Waals surface area contributed by atoms with Crippen molar-refractivity contribution in [3.05, 3.63) is 69.0 Å². The van der Waals surface area contributed by atoms with Gasteiger partial charge >= 0.3 is 0 Å². The maximum Gasteiger partial charge on any atom is 0.270 e. The van der Waals surface area contributed by atoms with Crippen LogP contribution in [0.2, 0.25) is 5.02 Å². The maximum absolute atomic E-state index is 13.7. The number of nitro groups is 1. The number of halogens is 2. The van der Waals surface area contributed by atoms with Crippen molar-refractivity contribution in [2.45, 2.75) is 24.3 Å². The predicted octanol–water partition coefficient (Wildman–Crippen LogP) is 3.10. The number of carbonyl (C=O) groups excluding carboxylic acids is 1. The van der Waals surface area contributed by atoms with Gasteiger partial charge in [0.1, 0.15) is 10.7 Å². The molecule has 0 aliphatic carbocycles. The summed E-state index contributed by atoms with van der Waals surface area (Å²) in [5, 5.41) is 13.5. The van der Waals surface area contributed by atoms with Crippen LogP contribution in [0.15, 0.2) is 47.4 Å². The molecule has 0 unspecified atom stereocenters. The first-order valence-corrected chi connectivity index (χ1v) is 11.0. The van der Waals surface area contributed by atoms with Gasteiger partial charge in [0.2, 0.25) is 15.9 Å². The largest absolute Gasteiger partial charge is 0.352 e. The quantitative estimate of drug-likeness (QED) is 0.531. The molecular weight excluding hydrogens is 437 g/mol. The Bertz CT molecular complexity index is 1070. The molecule has 1 saturated heterocycles. The number of nitro benzene ring substituents is 1. The topological polar surface area (TPSA) is 110 Å². The molecule has 1 N–H and O–H groups in total. The van der Waals surface area contributed by atoms with Gasteiger partial charge in [-0.3, -0.25) is 14.9 Å². The van der Waals surface area contributed by atoms with Gasteiger partial charge in [0.05, 0.1) is 9.95 Å². The zero-order valence-corrected chi connectivity index (χ0v) is 17.3. The highest BCUT2D eigenvalue weighted by Gasteiger charge is 2.34. The SMILES string of the molecule is O=C(NCc1ccccc1F)C1CCN(S(=O)(=O)c2cc([N+](=O)[O-])ccc2Cl)CC1. The van der Waals surface area contributed by atoms with Crippen molar-refractivity contribution in [3.8, 4) is 0 Å². The van der Waals surface area contributed by atoms with Crippen LogP contribution in [0.4, 0.5) is 10.1 Å². The number of hydrogen-bond donors (Lipinski definition) is 1. The molecule has 0 aromatic heterocycles. The van der Waals surface area contributed by atoms with Crippen LogP contribution in [0, 0.1) is 21.8 Å². The second kappa shape index (κ2) is 9.07. The van der Waals surface area contributed by atoms with E-state index in [0.29, 0.717) is 5.56 Å². The third-order valence-electron chi connectivity index (χ3n) is 4.98. The number of piperidine rings is 1. The van der Waals surface area contributed by atoms with Gasteiger partial charge in [-0.25, -0.2) is 12.8 Å². The summed E-state index contributed by atoms with van der Waals surface area (Å²) in [7, 11) is -4.04. The van der Waals surface area contributed by atoms with Gasteiger partial charge in [0.25, 0.3) is 5.69 Å². The van der Waals surface area contributed by atoms with E-state index in [1.54, 1.807) is 18.2 Å². The fourth-order valence-electron chi connectivity index (χ4n) is 3.27. The van der Waals surface area contributed by atoms with E-state index in [-0.39, 0.29) is 54.0 Å². The van der Waals surface area contributed by atoms with Crippen molar-refractivity contribution < 1.29 is 22.5 Å². The van der Waals surface area contributed by atoms with Crippen molar-refractivity contribution in [2.24, 2.45) is 5.92 Å². The molecule has 8 nitrogen and oxygen atoms in total. The van der Waals surface area contributed by atoms with Gasteiger partial charge in [0.15, 0.2) is 0 Å². The summed E-state index contributed by atoms with van der Waals surface area (Å²) < 4.78 is 40.6. The van der Waals surface area contributed by atoms with Crippen LogP contribution in [0.3, 0.4) is 0 Å². The predicted molar refractivity (Wildman–Crippen MR) is 108 cm³/mol. The summed E-state index contributed by atoms with van der Waals surface area (Å²) in [4.78, 5) is 22.3. The lowest BCUT2D eigenvalue weighted by Crippen LogP contribution is -2.43. The first-order valence-electron chi connectivity index (χ1n) is 9.15. The van der Waals surface area contributed by atoms with Crippen molar-refractivity contribution in [1.29, 1.82) is 0 Å². The van der Waals surface area contributed by atoms with E-state index in [4.69, 9.17) is 11.6 Å². The third kappa shape index (κ3) is 4.77. The number of rotatable bonds is 6. The second-order valence-electron chi connectivity index (χ2n) is 6.86. The van der Waals surface area contributed by atoms with Crippen LogP contribution in [-0.4, -0.2) is 36.6 Å². The van der Waals surface area contributed by atoms with Gasteiger partial charge in [-0.1, -0.05) is 29.8 Å². The summed E-state index contributed by atoms with van der Waals surface area (Å²) in [6.07, 6.45) is 0.545. The number of hydrogen-bond acceptors (Lipinski definition) is 5. The van der Waals surface area contributed by atoms with Crippen LogP contribution in [-0.2, 0) is 21.4 Å². The van der Waals surface area contributed by atoms with Crippen molar-refractivity contribution in [2.75, 3.05) is 13.1 Å². The molecule has 3 rings (SSSR count). The molecule has 1 amide bonds. The Balaban J connectivity index is 1.63. The van der Waals surface area contributed by atoms with Crippen molar-refractivity contribution in [1.82, 2.24) is 9.62 Å². The minimum atomic E-state index is -4.04. The van der Waals surface area contributed by atoms with E-state index in [9.17, 15) is 27.7 Å². The highest BCUT2D eigenvalue weighted by molar-refractivity contribution is 7.89. The smallest absolute Gasteiger partial charge is 0.270 e. The summed E-state index contributed by atoms with van der Waals surface area (Å²) in [5.41, 5.74) is -0.00781. The van der Waals surface area contributed by atoms with Gasteiger partial charge in [-0.2, -0.15) is 4.31 Å². The molecule has 11 heteroatoms. The Morgan fingerprint density at radius 2 is 1.90 bits per heavy atom. The number of nitrogens with zero attached hydrogens (tertiary/aromatic N) is 2. The lowest BCUT2D eigenvalue weighted by Gasteiger charge is -2.30. The van der Waals surface area contributed by atoms with Gasteiger partial charge in [-0.15, -0.1) is 0 Å². The number of sulfonamides is 1. The molecule has 2 aromatic carbocycles. The lowest BCUT2D eigenvalue weighted by molar-refractivity contribution is -0.385. The monoisotopic (exact) mass is 455 g/mol. The zero-order valence-electron chi connectivity index (χ0n) is 15.8. The Kier molecular flexibility index (Phi) is 6.69. The van der Waals surface area contributed by atoms with Crippen LogP contribution < -0.4 is 5.32 Å². The average molecular weight is 456 g/mol. The van der Waals surface area contributed by atoms with Crippen molar-refractivity contribution in [3.63, 3.8) is 0 Å². The van der Waals surface area contributed by atoms with Crippen LogP contribution in [0.1, 0.15) is 18.4 Å². The summed E-state index contributed by atoms with van der Waals surface area (Å²) >= 11 is 5.97. The molecule has 0 bridgehead atoms. The van der Waals surface area contributed by atoms with E-state index in [2.05, 4.69) is 5.32 Å². The summed E-state index contributed by atoms with van der Waals surface area (Å²) in [6.45, 7) is 0.186. The number of benzene rings is 2. The summed E-state index contributed by atoms with van der Waals surface area (Å²) in [5.74, 6) is -1.10.